The quantitative estimate of drug-likeness (QED) is 0.189. The highest BCUT2D eigenvalue weighted by molar-refractivity contribution is 5.87. The van der Waals surface area contributed by atoms with E-state index < -0.39 is 54.7 Å². The molecule has 1 fully saturated rings. The van der Waals surface area contributed by atoms with E-state index in [9.17, 15) is 29.7 Å². The van der Waals surface area contributed by atoms with E-state index in [1.54, 1.807) is 0 Å². The van der Waals surface area contributed by atoms with Crippen molar-refractivity contribution in [3.8, 4) is 11.1 Å². The van der Waals surface area contributed by atoms with E-state index in [1.807, 2.05) is 48.5 Å². The summed E-state index contributed by atoms with van der Waals surface area (Å²) < 4.78 is 12.8. The molecule has 6 rings (SSSR count). The van der Waals surface area contributed by atoms with Gasteiger partial charge in [-0.2, -0.15) is 4.98 Å². The van der Waals surface area contributed by atoms with Crippen LogP contribution in [0, 0.1) is 0 Å². The zero-order valence-corrected chi connectivity index (χ0v) is 22.3. The molecule has 14 nitrogen and oxygen atoms in total. The average Bonchev–Trinajstić information content (AvgIpc) is 3.54. The maximum Gasteiger partial charge on any atom is 0.407 e. The zero-order chi connectivity index (χ0) is 29.5. The number of alkyl carbamates (subject to hydrolysis) is 1. The van der Waals surface area contributed by atoms with Gasteiger partial charge in [0.15, 0.2) is 17.4 Å². The van der Waals surface area contributed by atoms with E-state index in [0.717, 1.165) is 22.3 Å². The first-order chi connectivity index (χ1) is 20.3. The van der Waals surface area contributed by atoms with Gasteiger partial charge in [0.2, 0.25) is 11.9 Å². The highest BCUT2D eigenvalue weighted by atomic mass is 16.6. The van der Waals surface area contributed by atoms with Gasteiger partial charge in [0, 0.05) is 12.8 Å². The van der Waals surface area contributed by atoms with Crippen LogP contribution in [-0.4, -0.2) is 84.4 Å². The molecule has 2 amide bonds. The van der Waals surface area contributed by atoms with Crippen LogP contribution < -0.4 is 16.2 Å². The number of anilines is 1. The average molecular weight is 577 g/mol. The monoisotopic (exact) mass is 576 g/mol. The molecule has 3 heterocycles. The number of ether oxygens (including phenoxy) is 2. The Bertz CT molecular complexity index is 1670. The second kappa shape index (κ2) is 11.0. The van der Waals surface area contributed by atoms with Crippen molar-refractivity contribution in [3.05, 3.63) is 76.3 Å². The number of hydrogen-bond donors (Lipinski definition) is 6. The third-order valence-electron chi connectivity index (χ3n) is 7.53. The lowest BCUT2D eigenvalue weighted by atomic mass is 9.96. The summed E-state index contributed by atoms with van der Waals surface area (Å²) in [5, 5.41) is 36.3. The molecule has 1 saturated heterocycles. The number of fused-ring (bicyclic) bond motifs is 4. The van der Waals surface area contributed by atoms with Gasteiger partial charge in [0.05, 0.1) is 12.9 Å². The SMILES string of the molecule is CC(=O)Nc1nc2c(ncn2[C@@H]2O[C@H](CO)[C@@H](O)[C@H](O)[C@H]2NC(=O)OCC2c3ccccc3-c3ccccc32)c(=O)[nH]1. The van der Waals surface area contributed by atoms with Crippen molar-refractivity contribution in [2.24, 2.45) is 0 Å². The van der Waals surface area contributed by atoms with Gasteiger partial charge in [-0.15, -0.1) is 0 Å². The molecule has 0 radical (unpaired) electrons. The van der Waals surface area contributed by atoms with Crippen molar-refractivity contribution in [2.75, 3.05) is 18.5 Å². The van der Waals surface area contributed by atoms with E-state index >= 15 is 0 Å². The van der Waals surface area contributed by atoms with Crippen molar-refractivity contribution < 1.29 is 34.4 Å². The van der Waals surface area contributed by atoms with Crippen molar-refractivity contribution in [2.45, 2.75) is 43.4 Å². The number of imidazole rings is 1. The Labute approximate surface area is 238 Å². The summed E-state index contributed by atoms with van der Waals surface area (Å²) in [6, 6.07) is 14.4. The van der Waals surface area contributed by atoms with Crippen molar-refractivity contribution in [1.82, 2.24) is 24.8 Å². The number of aliphatic hydroxyl groups excluding tert-OH is 3. The predicted molar refractivity (Wildman–Crippen MR) is 147 cm³/mol. The van der Waals surface area contributed by atoms with Gasteiger partial charge in [-0.1, -0.05) is 48.5 Å². The van der Waals surface area contributed by atoms with Gasteiger partial charge in [-0.05, 0) is 22.3 Å². The summed E-state index contributed by atoms with van der Waals surface area (Å²) in [5.41, 5.74) is 3.36. The molecule has 0 bridgehead atoms. The normalized spacial score (nSPS) is 23.3. The molecule has 0 spiro atoms. The lowest BCUT2D eigenvalue weighted by molar-refractivity contribution is -0.214. The molecule has 6 N–H and O–H groups in total. The minimum absolute atomic E-state index is 0.00102. The molecule has 0 unspecified atom stereocenters. The van der Waals surface area contributed by atoms with Crippen LogP contribution >= 0.6 is 0 Å². The molecular weight excluding hydrogens is 548 g/mol. The number of nitrogens with zero attached hydrogens (tertiary/aromatic N) is 3. The number of hydrogen-bond acceptors (Lipinski definition) is 10. The van der Waals surface area contributed by atoms with Crippen LogP contribution in [-0.2, 0) is 14.3 Å². The number of aromatic nitrogens is 4. The fraction of sp³-hybridized carbons (Fsp3) is 0.321. The molecule has 2 aromatic heterocycles. The van der Waals surface area contributed by atoms with E-state index in [2.05, 4.69) is 25.6 Å². The second-order valence-electron chi connectivity index (χ2n) is 10.1. The number of aromatic amines is 1. The van der Waals surface area contributed by atoms with Crippen LogP contribution in [0.4, 0.5) is 10.7 Å². The maximum absolute atomic E-state index is 13.1. The summed E-state index contributed by atoms with van der Waals surface area (Å²) >= 11 is 0. The van der Waals surface area contributed by atoms with Gasteiger partial charge in [-0.25, -0.2) is 9.78 Å². The third kappa shape index (κ3) is 4.79. The van der Waals surface area contributed by atoms with Crippen LogP contribution in [0.5, 0.6) is 0 Å². The molecule has 14 heteroatoms. The molecule has 2 aliphatic rings. The number of aliphatic hydroxyl groups is 3. The highest BCUT2D eigenvalue weighted by Gasteiger charge is 2.47. The predicted octanol–water partition coefficient (Wildman–Crippen LogP) is 0.597. The molecule has 42 heavy (non-hydrogen) atoms. The molecule has 2 aromatic carbocycles. The third-order valence-corrected chi connectivity index (χ3v) is 7.53. The first-order valence-electron chi connectivity index (χ1n) is 13.2. The molecule has 5 atom stereocenters. The minimum Gasteiger partial charge on any atom is -0.449 e. The Morgan fingerprint density at radius 1 is 1.07 bits per heavy atom. The molecule has 4 aromatic rings. The molecule has 1 aliphatic carbocycles. The van der Waals surface area contributed by atoms with Gasteiger partial charge in [0.1, 0.15) is 31.0 Å². The Kier molecular flexibility index (Phi) is 7.20. The van der Waals surface area contributed by atoms with Crippen LogP contribution in [0.2, 0.25) is 0 Å². The van der Waals surface area contributed by atoms with Crippen molar-refractivity contribution >= 4 is 29.1 Å². The van der Waals surface area contributed by atoms with Gasteiger partial charge >= 0.3 is 6.09 Å². The standard InChI is InChI=1S/C28H28N6O8/c1-13(36)30-27-32-24-21(25(39)33-27)29-12-34(24)26-20(23(38)22(37)19(10-35)42-26)31-28(40)41-11-18-16-8-4-2-6-14(16)15-7-3-5-9-17(15)18/h2-9,12,18-20,22-23,26,35,37-38H,10-11H2,1H3,(H,31,40)(H2,30,32,33,36,39)/t19-,20-,22-,23-,26-/m1/s1. The summed E-state index contributed by atoms with van der Waals surface area (Å²) in [5.74, 6) is -0.847. The molecule has 1 aliphatic heterocycles. The first-order valence-corrected chi connectivity index (χ1v) is 13.2. The number of nitrogens with one attached hydrogen (secondary N) is 3. The number of benzene rings is 2. The number of carbonyl (C=O) groups excluding carboxylic acids is 2. The van der Waals surface area contributed by atoms with Gasteiger partial charge in [0.25, 0.3) is 5.56 Å². The summed E-state index contributed by atoms with van der Waals surface area (Å²) in [7, 11) is 0. The first kappa shape index (κ1) is 27.5. The van der Waals surface area contributed by atoms with Crippen molar-refractivity contribution in [3.63, 3.8) is 0 Å². The number of H-pyrrole nitrogens is 1. The van der Waals surface area contributed by atoms with E-state index in [1.165, 1.54) is 17.8 Å². The largest absolute Gasteiger partial charge is 0.449 e. The number of amides is 2. The maximum atomic E-state index is 13.1. The lowest BCUT2D eigenvalue weighted by Crippen LogP contribution is -2.62. The van der Waals surface area contributed by atoms with Gasteiger partial charge < -0.3 is 30.1 Å². The second-order valence-corrected chi connectivity index (χ2v) is 10.1. The number of rotatable bonds is 6. The van der Waals surface area contributed by atoms with E-state index in [4.69, 9.17) is 9.47 Å². The van der Waals surface area contributed by atoms with E-state index in [0.29, 0.717) is 0 Å². The summed E-state index contributed by atoms with van der Waals surface area (Å²) in [6.07, 6.45) is -5.38. The fourth-order valence-electron chi connectivity index (χ4n) is 5.61. The zero-order valence-electron chi connectivity index (χ0n) is 22.3. The molecular formula is C28H28N6O8. The smallest absolute Gasteiger partial charge is 0.407 e. The van der Waals surface area contributed by atoms with E-state index in [-0.39, 0.29) is 29.6 Å². The number of carbonyl (C=O) groups is 2. The Morgan fingerprint density at radius 3 is 2.38 bits per heavy atom. The summed E-state index contributed by atoms with van der Waals surface area (Å²) in [4.78, 5) is 47.9. The topological polar surface area (TPSA) is 201 Å². The fourth-order valence-corrected chi connectivity index (χ4v) is 5.61. The summed E-state index contributed by atoms with van der Waals surface area (Å²) in [6.45, 7) is 0.592. The minimum atomic E-state index is -1.62. The highest BCUT2D eigenvalue weighted by Crippen LogP contribution is 2.44. The Balaban J connectivity index is 1.27. The van der Waals surface area contributed by atoms with Crippen molar-refractivity contribution in [1.29, 1.82) is 0 Å². The molecule has 0 saturated carbocycles. The van der Waals surface area contributed by atoms with Crippen LogP contribution in [0.1, 0.15) is 30.2 Å². The Morgan fingerprint density at radius 2 is 1.74 bits per heavy atom. The molecule has 218 valence electrons. The Hall–Kier alpha value is -4.63. The van der Waals surface area contributed by atoms with Gasteiger partial charge in [-0.3, -0.25) is 24.5 Å². The van der Waals surface area contributed by atoms with Crippen LogP contribution in [0.15, 0.2) is 59.7 Å². The van der Waals surface area contributed by atoms with Crippen LogP contribution in [0.3, 0.4) is 0 Å². The van der Waals surface area contributed by atoms with Crippen LogP contribution in [0.25, 0.3) is 22.3 Å². The lowest BCUT2D eigenvalue weighted by Gasteiger charge is -2.42.